The van der Waals surface area contributed by atoms with Gasteiger partial charge in [-0.2, -0.15) is 0 Å². The van der Waals surface area contributed by atoms with Crippen LogP contribution in [0.3, 0.4) is 0 Å². The molecule has 28 heavy (non-hydrogen) atoms. The molecule has 2 heterocycles. The van der Waals surface area contributed by atoms with Crippen LogP contribution in [-0.4, -0.2) is 32.3 Å². The Hall–Kier alpha value is -2.44. The van der Waals surface area contributed by atoms with Crippen molar-refractivity contribution in [3.8, 4) is 11.1 Å². The van der Waals surface area contributed by atoms with Crippen LogP contribution in [0, 0.1) is 13.8 Å². The number of benzene rings is 2. The van der Waals surface area contributed by atoms with Crippen molar-refractivity contribution in [1.29, 1.82) is 0 Å². The number of thiophene rings is 1. The summed E-state index contributed by atoms with van der Waals surface area (Å²) in [6.07, 6.45) is 1.51. The first-order valence-electron chi connectivity index (χ1n) is 8.56. The van der Waals surface area contributed by atoms with Crippen LogP contribution in [-0.2, 0) is 3.74 Å². The molecule has 0 atom stereocenters. The van der Waals surface area contributed by atoms with Gasteiger partial charge in [-0.1, -0.05) is 0 Å². The van der Waals surface area contributed by atoms with Crippen LogP contribution < -0.4 is 9.67 Å². The Morgan fingerprint density at radius 2 is 1.75 bits per heavy atom. The van der Waals surface area contributed by atoms with E-state index in [0.29, 0.717) is 11.5 Å². The fraction of sp³-hybridized carbons (Fsp3) is 0.100. The summed E-state index contributed by atoms with van der Waals surface area (Å²) in [7, 11) is 0. The molecule has 0 unspecified atom stereocenters. The van der Waals surface area contributed by atoms with Gasteiger partial charge in [0.25, 0.3) is 0 Å². The number of rotatable bonds is 4. The summed E-state index contributed by atoms with van der Waals surface area (Å²) in [5.74, 6) is 0.663. The van der Waals surface area contributed by atoms with Crippen molar-refractivity contribution in [2.45, 2.75) is 13.8 Å². The minimum absolute atomic E-state index is 0.0445. The third kappa shape index (κ3) is 3.62. The molecule has 0 aliphatic rings. The van der Waals surface area contributed by atoms with Crippen molar-refractivity contribution in [1.82, 2.24) is 9.97 Å². The Morgan fingerprint density at radius 1 is 1.00 bits per heavy atom. The second-order valence-electron chi connectivity index (χ2n) is 6.59. The van der Waals surface area contributed by atoms with Crippen molar-refractivity contribution in [3.63, 3.8) is 0 Å². The Bertz CT molecular complexity index is 1220. The molecule has 0 aliphatic carbocycles. The second-order valence-corrected chi connectivity index (χ2v) is 10.8. The van der Waals surface area contributed by atoms with Crippen molar-refractivity contribution in [3.05, 3.63) is 65.3 Å². The number of aromatic nitrogens is 2. The van der Waals surface area contributed by atoms with Gasteiger partial charge in [-0.3, -0.25) is 0 Å². The molecule has 0 fully saturated rings. The molecular weight excluding hydrogens is 437 g/mol. The van der Waals surface area contributed by atoms with Gasteiger partial charge in [-0.25, -0.2) is 0 Å². The summed E-state index contributed by atoms with van der Waals surface area (Å²) >= 11 is -3.33. The van der Waals surface area contributed by atoms with E-state index in [2.05, 4.69) is 52.7 Å². The SMILES string of the molecule is Cc1ccc(-c2csc3ncnc(Nc4ccc([As](=O)(O)O)cc4)c23)c(C)c1. The fourth-order valence-electron chi connectivity index (χ4n) is 3.16. The van der Waals surface area contributed by atoms with Crippen molar-refractivity contribution in [2.75, 3.05) is 5.32 Å². The van der Waals surface area contributed by atoms with E-state index in [9.17, 15) is 11.9 Å². The van der Waals surface area contributed by atoms with Gasteiger partial charge in [0.2, 0.25) is 0 Å². The normalized spacial score (nSPS) is 11.7. The molecule has 0 radical (unpaired) electrons. The van der Waals surface area contributed by atoms with Gasteiger partial charge < -0.3 is 0 Å². The van der Waals surface area contributed by atoms with Gasteiger partial charge >= 0.3 is 162 Å². The zero-order valence-corrected chi connectivity index (χ0v) is 17.9. The van der Waals surface area contributed by atoms with Gasteiger partial charge in [-0.05, 0) is 6.92 Å². The predicted octanol–water partition coefficient (Wildman–Crippen LogP) is 3.28. The minimum atomic E-state index is -4.89. The van der Waals surface area contributed by atoms with Gasteiger partial charge in [0.15, 0.2) is 0 Å². The van der Waals surface area contributed by atoms with E-state index in [-0.39, 0.29) is 4.35 Å². The number of fused-ring (bicyclic) bond motifs is 1. The van der Waals surface area contributed by atoms with Crippen LogP contribution >= 0.6 is 11.3 Å². The molecule has 0 saturated carbocycles. The number of nitrogens with zero attached hydrogens (tertiary/aromatic N) is 2. The summed E-state index contributed by atoms with van der Waals surface area (Å²) in [6, 6.07) is 12.5. The van der Waals surface area contributed by atoms with Gasteiger partial charge in [-0.15, -0.1) is 0 Å². The molecule has 8 heteroatoms. The van der Waals surface area contributed by atoms with E-state index in [1.165, 1.54) is 29.6 Å². The number of hydrogen-bond donors (Lipinski definition) is 3. The standard InChI is InChI=1S/C20H18AsN3O3S/c1-12-3-8-16(13(2)9-12)17-10-28-20-18(17)19(22-11-23-20)24-15-6-4-14(5-7-15)21(25,26)27/h3-11H,1-2H3,(H,22,23,24)(H2,25,26,27). The molecule has 0 aliphatic heterocycles. The molecule has 2 aromatic carbocycles. The maximum atomic E-state index is 11.4. The first kappa shape index (κ1) is 18.9. The molecule has 0 amide bonds. The monoisotopic (exact) mass is 455 g/mol. The van der Waals surface area contributed by atoms with Crippen LogP contribution in [0.5, 0.6) is 0 Å². The number of aryl methyl sites for hydroxylation is 2. The van der Waals surface area contributed by atoms with E-state index in [4.69, 9.17) is 0 Å². The molecule has 0 bridgehead atoms. The average Bonchev–Trinajstić information content (AvgIpc) is 3.06. The molecule has 3 N–H and O–H groups in total. The van der Waals surface area contributed by atoms with Crippen LogP contribution in [0.1, 0.15) is 11.1 Å². The van der Waals surface area contributed by atoms with Crippen molar-refractivity contribution < 1.29 is 11.9 Å². The molecule has 0 saturated heterocycles. The molecule has 2 aromatic heterocycles. The molecule has 142 valence electrons. The predicted molar refractivity (Wildman–Crippen MR) is 113 cm³/mol. The zero-order valence-electron chi connectivity index (χ0n) is 15.2. The van der Waals surface area contributed by atoms with E-state index < -0.39 is 14.2 Å². The summed E-state index contributed by atoms with van der Waals surface area (Å²) in [6.45, 7) is 4.16. The third-order valence-electron chi connectivity index (χ3n) is 4.51. The Balaban J connectivity index is 1.78. The summed E-state index contributed by atoms with van der Waals surface area (Å²) in [5, 5.41) is 6.28. The first-order chi connectivity index (χ1) is 13.3. The van der Waals surface area contributed by atoms with Gasteiger partial charge in [0, 0.05) is 0 Å². The van der Waals surface area contributed by atoms with Crippen LogP contribution in [0.25, 0.3) is 21.3 Å². The van der Waals surface area contributed by atoms with Crippen molar-refractivity contribution in [2.24, 2.45) is 0 Å². The Morgan fingerprint density at radius 3 is 2.43 bits per heavy atom. The molecular formula is C20H18AsN3O3S. The summed E-state index contributed by atoms with van der Waals surface area (Å²) in [5.41, 5.74) is 5.29. The summed E-state index contributed by atoms with van der Waals surface area (Å²) < 4.78 is 30.1. The van der Waals surface area contributed by atoms with Gasteiger partial charge in [0.05, 0.1) is 0 Å². The second kappa shape index (κ2) is 7.18. The fourth-order valence-corrected chi connectivity index (χ4v) is 5.19. The van der Waals surface area contributed by atoms with Crippen LogP contribution in [0.4, 0.5) is 11.5 Å². The number of nitrogens with one attached hydrogen (secondary N) is 1. The Labute approximate surface area is 168 Å². The van der Waals surface area contributed by atoms with E-state index in [1.807, 2.05) is 0 Å². The number of anilines is 2. The van der Waals surface area contributed by atoms with Gasteiger partial charge in [0.1, 0.15) is 0 Å². The van der Waals surface area contributed by atoms with Crippen LogP contribution in [0.15, 0.2) is 54.2 Å². The van der Waals surface area contributed by atoms with E-state index >= 15 is 0 Å². The quantitative estimate of drug-likeness (QED) is 0.409. The topological polar surface area (TPSA) is 95.3 Å². The first-order valence-corrected chi connectivity index (χ1v) is 12.8. The molecule has 4 rings (SSSR count). The number of hydrogen-bond acceptors (Lipinski definition) is 5. The van der Waals surface area contributed by atoms with Crippen LogP contribution in [0.2, 0.25) is 0 Å². The zero-order chi connectivity index (χ0) is 19.9. The van der Waals surface area contributed by atoms with Crippen molar-refractivity contribution >= 4 is 51.6 Å². The Kier molecular flexibility index (Phi) is 4.85. The maximum absolute atomic E-state index is 11.4. The molecule has 0 spiro atoms. The summed E-state index contributed by atoms with van der Waals surface area (Å²) in [4.78, 5) is 9.68. The van der Waals surface area contributed by atoms with E-state index in [0.717, 1.165) is 21.3 Å². The average molecular weight is 455 g/mol. The molecule has 4 aromatic rings. The van der Waals surface area contributed by atoms with E-state index in [1.54, 1.807) is 23.5 Å². The molecule has 6 nitrogen and oxygen atoms in total. The third-order valence-corrected chi connectivity index (χ3v) is 7.43.